The van der Waals surface area contributed by atoms with Gasteiger partial charge in [-0.05, 0) is 72.1 Å². The van der Waals surface area contributed by atoms with Crippen LogP contribution in [0.15, 0.2) is 98.1 Å². The molecule has 16 nitrogen and oxygen atoms in total. The summed E-state index contributed by atoms with van der Waals surface area (Å²) in [6.07, 6.45) is 59.4. The molecule has 0 saturated carbocycles. The zero-order valence-electron chi connectivity index (χ0n) is 78.0. The minimum absolute atomic E-state index is 0.0450. The van der Waals surface area contributed by atoms with Crippen LogP contribution in [-0.4, -0.2) is 116 Å². The molecular formula is C100H177N2O14PSi2. The molecule has 0 radical (unpaired) electrons. The Morgan fingerprint density at radius 2 is 0.891 bits per heavy atom. The van der Waals surface area contributed by atoms with E-state index in [1.165, 1.54) is 205 Å². The van der Waals surface area contributed by atoms with Crippen molar-refractivity contribution >= 4 is 58.6 Å². The fraction of sp³-hybridized carbons (Fsp3) is 0.780. The smallest absolute Gasteiger partial charge is 0.466 e. The van der Waals surface area contributed by atoms with Gasteiger partial charge in [0.2, 0.25) is 11.8 Å². The van der Waals surface area contributed by atoms with Crippen molar-refractivity contribution in [3.05, 3.63) is 98.1 Å². The second-order valence-corrected chi connectivity index (χ2v) is 47.5. The Balaban J connectivity index is 2.01. The van der Waals surface area contributed by atoms with E-state index >= 15 is 4.57 Å². The van der Waals surface area contributed by atoms with Gasteiger partial charge in [-0.2, -0.15) is 0 Å². The third-order valence-electron chi connectivity index (χ3n) is 24.1. The molecule has 3 rings (SSSR count). The average molecular weight is 1720 g/mol. The van der Waals surface area contributed by atoms with E-state index in [-0.39, 0.29) is 49.8 Å². The average Bonchev–Trinajstić information content (AvgIpc) is 0.741. The highest BCUT2D eigenvalue weighted by Crippen LogP contribution is 2.53. The lowest BCUT2D eigenvalue weighted by atomic mass is 9.96. The molecule has 0 aromatic heterocycles. The van der Waals surface area contributed by atoms with Crippen molar-refractivity contribution < 1.29 is 65.1 Å². The van der Waals surface area contributed by atoms with Crippen LogP contribution in [0.5, 0.6) is 0 Å². The number of rotatable bonds is 77. The fourth-order valence-electron chi connectivity index (χ4n) is 16.0. The number of unbranched alkanes of at least 4 members (excludes halogenated alkanes) is 45. The number of amides is 2. The van der Waals surface area contributed by atoms with Crippen LogP contribution < -0.4 is 21.0 Å². The molecule has 684 valence electrons. The number of benzene rings is 2. The van der Waals surface area contributed by atoms with Crippen LogP contribution in [0.2, 0.25) is 23.2 Å². The Kier molecular flexibility index (Phi) is 61.7. The van der Waals surface area contributed by atoms with Crippen molar-refractivity contribution in [2.75, 3.05) is 33.0 Å². The highest BCUT2D eigenvalue weighted by atomic mass is 31.2. The maximum atomic E-state index is 15.4. The van der Waals surface area contributed by atoms with Crippen LogP contribution >= 0.6 is 7.82 Å². The number of allylic oxidation sites excluding steroid dienone is 1. The quantitative estimate of drug-likeness (QED) is 0.0209. The molecule has 2 amide bonds. The number of carbonyl (C=O) groups is 4. The van der Waals surface area contributed by atoms with Crippen molar-refractivity contribution in [1.29, 1.82) is 0 Å². The molecule has 119 heavy (non-hydrogen) atoms. The van der Waals surface area contributed by atoms with Gasteiger partial charge in [0, 0.05) is 26.2 Å². The van der Waals surface area contributed by atoms with Gasteiger partial charge in [-0.25, -0.2) is 4.57 Å². The first-order chi connectivity index (χ1) is 57.4. The van der Waals surface area contributed by atoms with Crippen LogP contribution in [-0.2, 0) is 65.1 Å². The molecule has 2 N–H and O–H groups in total. The number of hydrogen-bond acceptors (Lipinski definition) is 14. The minimum atomic E-state index is -4.64. The molecule has 0 bridgehead atoms. The molecule has 1 saturated heterocycles. The molecule has 1 heterocycles. The van der Waals surface area contributed by atoms with E-state index in [4.69, 9.17) is 41.4 Å². The Morgan fingerprint density at radius 3 is 1.29 bits per heavy atom. The van der Waals surface area contributed by atoms with Crippen LogP contribution in [0.3, 0.4) is 0 Å². The second-order valence-electron chi connectivity index (χ2n) is 36.8. The first kappa shape index (κ1) is 109. The number of carbonyl (C=O) groups excluding carboxylic acids is 4. The van der Waals surface area contributed by atoms with Gasteiger partial charge < -0.3 is 38.4 Å². The molecule has 0 spiro atoms. The lowest BCUT2D eigenvalue weighted by molar-refractivity contribution is -0.272. The van der Waals surface area contributed by atoms with E-state index < -0.39 is 84.2 Å². The number of phosphoric ester groups is 1. The molecule has 7 atom stereocenters. The number of esters is 2. The van der Waals surface area contributed by atoms with Gasteiger partial charge in [0.1, 0.15) is 18.2 Å². The normalized spacial score (nSPS) is 16.7. The number of phosphoric acid groups is 1. The number of ether oxygens (including phenoxy) is 4. The maximum Gasteiger partial charge on any atom is 0.475 e. The zero-order chi connectivity index (χ0) is 87.0. The number of nitrogens with one attached hydrogen (secondary N) is 2. The van der Waals surface area contributed by atoms with Crippen molar-refractivity contribution in [3.8, 4) is 0 Å². The van der Waals surface area contributed by atoms with E-state index in [0.29, 0.717) is 25.9 Å². The molecule has 0 aliphatic carbocycles. The largest absolute Gasteiger partial charge is 0.475 e. The third-order valence-corrected chi connectivity index (χ3v) is 35.0. The van der Waals surface area contributed by atoms with Crippen LogP contribution in [0.4, 0.5) is 0 Å². The van der Waals surface area contributed by atoms with Crippen LogP contribution in [0.25, 0.3) is 0 Å². The van der Waals surface area contributed by atoms with Gasteiger partial charge in [-0.3, -0.25) is 32.7 Å². The van der Waals surface area contributed by atoms with Crippen LogP contribution in [0.1, 0.15) is 403 Å². The van der Waals surface area contributed by atoms with Crippen molar-refractivity contribution in [3.63, 3.8) is 0 Å². The third kappa shape index (κ3) is 48.8. The Bertz CT molecular complexity index is 2910. The molecule has 2 aromatic carbocycles. The predicted octanol–water partition coefficient (Wildman–Crippen LogP) is 26.9. The first-order valence-electron chi connectivity index (χ1n) is 48.5. The molecule has 0 unspecified atom stereocenters. The summed E-state index contributed by atoms with van der Waals surface area (Å²) in [4.78, 5) is 56.1. The van der Waals surface area contributed by atoms with E-state index in [1.807, 2.05) is 36.4 Å². The summed E-state index contributed by atoms with van der Waals surface area (Å²) in [7, 11) is -10.7. The number of hydrogen-bond donors (Lipinski definition) is 2. The van der Waals surface area contributed by atoms with E-state index in [1.54, 1.807) is 0 Å². The topological polar surface area (TPSA) is 192 Å². The van der Waals surface area contributed by atoms with Gasteiger partial charge >= 0.3 is 19.8 Å². The summed E-state index contributed by atoms with van der Waals surface area (Å²) in [6, 6.07) is 18.4. The lowest BCUT2D eigenvalue weighted by Gasteiger charge is -2.48. The Morgan fingerprint density at radius 1 is 0.504 bits per heavy atom. The fourth-order valence-corrected chi connectivity index (χ4v) is 23.2. The summed E-state index contributed by atoms with van der Waals surface area (Å²) < 4.78 is 76.0. The standard InChI is InChI=1S/C100H177N2O14PSi2/c1-15-20-23-26-29-32-35-37-38-40-44-48-53-58-69-78-92(104)102-89(90(116-118(13,14)99(7,8)9)77-68-57-52-47-43-39-36-33-30-27-24-21-16-2)84-109-98-95(101-86(6)103)97(114-94(106)80-71-60-55-50-45-41-46-51-56-61-72-83-108-93(105)79-70-59-54-49-42-34-31-28-25-22-17-3)96(115-117(107,110-81-18-4)111-82-19-5)91(113-98)85-112-119(100(10,11)12,87-73-64-62-65-74-87)88-75-66-63-67-76-88/h18-19,62-68,73-77,89-91,95-98H,4-5,15-17,20-61,69-72,78-85H2,1-3,6-14H3,(H,101,103)(H,102,104)/b77-68+/t89-,90+,91-,95-,96-,97-,98-/m1/s1. The maximum absolute atomic E-state index is 15.4. The van der Waals surface area contributed by atoms with Gasteiger partial charge in [0.25, 0.3) is 8.32 Å². The van der Waals surface area contributed by atoms with Crippen LogP contribution in [0, 0.1) is 0 Å². The molecule has 1 fully saturated rings. The summed E-state index contributed by atoms with van der Waals surface area (Å²) in [5.74, 6) is -1.22. The summed E-state index contributed by atoms with van der Waals surface area (Å²) in [5, 5.41) is 7.79. The first-order valence-corrected chi connectivity index (χ1v) is 54.8. The molecule has 1 aliphatic heterocycles. The minimum Gasteiger partial charge on any atom is -0.466 e. The van der Waals surface area contributed by atoms with Gasteiger partial charge in [-0.15, -0.1) is 13.2 Å². The Hall–Kier alpha value is -4.08. The van der Waals surface area contributed by atoms with E-state index in [9.17, 15) is 19.2 Å². The SMILES string of the molecule is C=CCOP(=O)(OCC=C)O[C@H]1[C@H](OC(=O)CCCCCCCCCCCCCOC(=O)CCCCCCCCCCCCC)[C@@H](NC(C)=O)[C@H](OC[C@@H](NC(=O)CCCCCCCCCCCCCCCCC)[C@H](/C=C/CCCCCCCCCCCCC)O[Si](C)(C)C(C)(C)C)O[C@@H]1CO[Si](c1ccccc1)(c1ccccc1)C(C)(C)C. The Labute approximate surface area is 730 Å². The van der Waals surface area contributed by atoms with Gasteiger partial charge in [-0.1, -0.05) is 423 Å². The highest BCUT2D eigenvalue weighted by Gasteiger charge is 2.56. The monoisotopic (exact) mass is 1720 g/mol. The molecular weight excluding hydrogens is 1540 g/mol. The highest BCUT2D eigenvalue weighted by molar-refractivity contribution is 7.48. The van der Waals surface area contributed by atoms with Crippen molar-refractivity contribution in [2.24, 2.45) is 0 Å². The van der Waals surface area contributed by atoms with Gasteiger partial charge in [0.05, 0.1) is 45.2 Å². The van der Waals surface area contributed by atoms with E-state index in [2.05, 4.69) is 136 Å². The predicted molar refractivity (Wildman–Crippen MR) is 502 cm³/mol. The summed E-state index contributed by atoms with van der Waals surface area (Å²) in [6.45, 7) is 33.2. The van der Waals surface area contributed by atoms with E-state index in [0.717, 1.165) is 132 Å². The van der Waals surface area contributed by atoms with Gasteiger partial charge in [0.15, 0.2) is 20.7 Å². The zero-order valence-corrected chi connectivity index (χ0v) is 80.9. The van der Waals surface area contributed by atoms with Crippen molar-refractivity contribution in [1.82, 2.24) is 10.6 Å². The summed E-state index contributed by atoms with van der Waals surface area (Å²) >= 11 is 0. The summed E-state index contributed by atoms with van der Waals surface area (Å²) in [5.41, 5.74) is 0. The molecule has 19 heteroatoms. The lowest BCUT2D eigenvalue weighted by Crippen LogP contribution is -2.70. The molecule has 2 aromatic rings. The molecule has 1 aliphatic rings. The van der Waals surface area contributed by atoms with Crippen molar-refractivity contribution in [2.45, 2.75) is 469 Å². The second kappa shape index (κ2) is 67.3.